The van der Waals surface area contributed by atoms with Gasteiger partial charge in [-0.15, -0.1) is 0 Å². The predicted molar refractivity (Wildman–Crippen MR) is 83.1 cm³/mol. The second-order valence-corrected chi connectivity index (χ2v) is 6.10. The highest BCUT2D eigenvalue weighted by Gasteiger charge is 2.27. The highest BCUT2D eigenvalue weighted by atomic mass is 79.9. The fourth-order valence-electron chi connectivity index (χ4n) is 2.82. The largest absolute Gasteiger partial charge is 0.493 e. The average Bonchev–Trinajstić information content (AvgIpc) is 2.46. The first kappa shape index (κ1) is 13.7. The van der Waals surface area contributed by atoms with Crippen LogP contribution in [0.5, 0.6) is 5.75 Å². The van der Waals surface area contributed by atoms with Crippen molar-refractivity contribution in [2.24, 2.45) is 0 Å². The van der Waals surface area contributed by atoms with Gasteiger partial charge in [0, 0.05) is 10.4 Å². The van der Waals surface area contributed by atoms with Crippen molar-refractivity contribution in [1.29, 1.82) is 0 Å². The molecule has 0 amide bonds. The zero-order valence-corrected chi connectivity index (χ0v) is 12.7. The molecule has 2 nitrogen and oxygen atoms in total. The van der Waals surface area contributed by atoms with E-state index in [1.165, 1.54) is 0 Å². The minimum Gasteiger partial charge on any atom is -0.493 e. The fraction of sp³-hybridized carbons (Fsp3) is 0.294. The molecule has 2 aromatic rings. The van der Waals surface area contributed by atoms with Gasteiger partial charge in [-0.2, -0.15) is 0 Å². The Labute approximate surface area is 127 Å². The second kappa shape index (κ2) is 5.98. The molecule has 0 radical (unpaired) electrons. The number of para-hydroxylation sites is 1. The molecule has 1 N–H and O–H groups in total. The van der Waals surface area contributed by atoms with Gasteiger partial charge in [0.1, 0.15) is 5.75 Å². The Balaban J connectivity index is 1.80. The van der Waals surface area contributed by atoms with Crippen LogP contribution in [-0.4, -0.2) is 17.8 Å². The van der Waals surface area contributed by atoms with Crippen LogP contribution in [0.15, 0.2) is 53.0 Å². The molecule has 0 bridgehead atoms. The van der Waals surface area contributed by atoms with Gasteiger partial charge in [-0.25, -0.2) is 0 Å². The molecule has 1 heterocycles. The van der Waals surface area contributed by atoms with E-state index in [4.69, 9.17) is 4.74 Å². The van der Waals surface area contributed by atoms with E-state index in [2.05, 4.69) is 34.1 Å². The van der Waals surface area contributed by atoms with Crippen molar-refractivity contribution in [2.45, 2.75) is 24.9 Å². The number of halogens is 1. The topological polar surface area (TPSA) is 29.5 Å². The average molecular weight is 333 g/mol. The summed E-state index contributed by atoms with van der Waals surface area (Å²) < 4.78 is 6.71. The molecular weight excluding hydrogens is 316 g/mol. The van der Waals surface area contributed by atoms with Crippen LogP contribution in [0.2, 0.25) is 0 Å². The molecule has 2 aromatic carbocycles. The van der Waals surface area contributed by atoms with Crippen molar-refractivity contribution in [3.8, 4) is 5.75 Å². The molecule has 0 saturated carbocycles. The lowest BCUT2D eigenvalue weighted by atomic mass is 9.85. The summed E-state index contributed by atoms with van der Waals surface area (Å²) in [6, 6.07) is 16.1. The van der Waals surface area contributed by atoms with Crippen molar-refractivity contribution in [3.05, 3.63) is 64.1 Å². The van der Waals surface area contributed by atoms with E-state index >= 15 is 0 Å². The van der Waals surface area contributed by atoms with E-state index in [0.29, 0.717) is 13.0 Å². The van der Waals surface area contributed by atoms with Gasteiger partial charge in [0.25, 0.3) is 0 Å². The second-order valence-electron chi connectivity index (χ2n) is 5.18. The summed E-state index contributed by atoms with van der Waals surface area (Å²) in [6.07, 6.45) is 1.15. The molecule has 0 fully saturated rings. The van der Waals surface area contributed by atoms with E-state index in [-0.39, 0.29) is 12.0 Å². The van der Waals surface area contributed by atoms with Gasteiger partial charge in [0.2, 0.25) is 0 Å². The number of hydrogen-bond acceptors (Lipinski definition) is 2. The van der Waals surface area contributed by atoms with E-state index in [1.54, 1.807) is 0 Å². The van der Waals surface area contributed by atoms with E-state index < -0.39 is 0 Å². The number of aliphatic hydroxyl groups excluding tert-OH is 1. The van der Waals surface area contributed by atoms with Crippen molar-refractivity contribution < 1.29 is 9.84 Å². The quantitative estimate of drug-likeness (QED) is 0.923. The van der Waals surface area contributed by atoms with Crippen LogP contribution in [0, 0.1) is 0 Å². The molecule has 0 saturated heterocycles. The Bertz CT molecular complexity index is 597. The standard InChI is InChI=1S/C17H17BrO2/c18-13-5-3-4-12(10-13)11-16(19)14-8-9-20-17-7-2-1-6-15(14)17/h1-7,10,14,16,19H,8-9,11H2. The molecule has 0 aliphatic carbocycles. The monoisotopic (exact) mass is 332 g/mol. The first-order valence-electron chi connectivity index (χ1n) is 6.88. The molecule has 2 atom stereocenters. The van der Waals surface area contributed by atoms with E-state index in [0.717, 1.165) is 27.8 Å². The Morgan fingerprint density at radius 1 is 1.20 bits per heavy atom. The van der Waals surface area contributed by atoms with Gasteiger partial charge in [0.15, 0.2) is 0 Å². The summed E-state index contributed by atoms with van der Waals surface area (Å²) in [5.74, 6) is 1.07. The van der Waals surface area contributed by atoms with Crippen LogP contribution in [0.1, 0.15) is 23.5 Å². The first-order chi connectivity index (χ1) is 9.74. The third-order valence-electron chi connectivity index (χ3n) is 3.80. The minimum atomic E-state index is -0.380. The maximum Gasteiger partial charge on any atom is 0.122 e. The van der Waals surface area contributed by atoms with Crippen LogP contribution < -0.4 is 4.74 Å². The maximum absolute atomic E-state index is 10.6. The Kier molecular flexibility index (Phi) is 4.08. The molecular formula is C17H17BrO2. The van der Waals surface area contributed by atoms with Gasteiger partial charge in [-0.05, 0) is 42.2 Å². The van der Waals surface area contributed by atoms with Crippen LogP contribution in [0.25, 0.3) is 0 Å². The Morgan fingerprint density at radius 2 is 2.05 bits per heavy atom. The first-order valence-corrected chi connectivity index (χ1v) is 7.67. The van der Waals surface area contributed by atoms with Gasteiger partial charge in [-0.1, -0.05) is 46.3 Å². The summed E-state index contributed by atoms with van der Waals surface area (Å²) >= 11 is 3.47. The zero-order valence-electron chi connectivity index (χ0n) is 11.1. The van der Waals surface area contributed by atoms with Crippen molar-refractivity contribution >= 4 is 15.9 Å². The SMILES string of the molecule is OC(Cc1cccc(Br)c1)C1CCOc2ccccc21. The third-order valence-corrected chi connectivity index (χ3v) is 4.30. The number of benzene rings is 2. The number of ether oxygens (including phenoxy) is 1. The summed E-state index contributed by atoms with van der Waals surface area (Å²) in [5, 5.41) is 10.6. The normalized spacial score (nSPS) is 19.0. The molecule has 2 unspecified atom stereocenters. The molecule has 0 aromatic heterocycles. The summed E-state index contributed by atoms with van der Waals surface area (Å²) in [6.45, 7) is 0.678. The summed E-state index contributed by atoms with van der Waals surface area (Å²) in [7, 11) is 0. The van der Waals surface area contributed by atoms with Crippen molar-refractivity contribution in [3.63, 3.8) is 0 Å². The molecule has 0 spiro atoms. The molecule has 1 aliphatic rings. The van der Waals surface area contributed by atoms with Crippen LogP contribution >= 0.6 is 15.9 Å². The number of aliphatic hydroxyl groups is 1. The highest BCUT2D eigenvalue weighted by Crippen LogP contribution is 2.36. The molecule has 1 aliphatic heterocycles. The molecule has 3 rings (SSSR count). The van der Waals surface area contributed by atoms with Crippen LogP contribution in [0.4, 0.5) is 0 Å². The smallest absolute Gasteiger partial charge is 0.122 e. The summed E-state index contributed by atoms with van der Waals surface area (Å²) in [4.78, 5) is 0. The highest BCUT2D eigenvalue weighted by molar-refractivity contribution is 9.10. The van der Waals surface area contributed by atoms with Crippen LogP contribution in [-0.2, 0) is 6.42 Å². The van der Waals surface area contributed by atoms with E-state index in [1.807, 2.05) is 30.3 Å². The van der Waals surface area contributed by atoms with Crippen molar-refractivity contribution in [2.75, 3.05) is 6.61 Å². The van der Waals surface area contributed by atoms with Gasteiger partial charge in [-0.3, -0.25) is 0 Å². The lowest BCUT2D eigenvalue weighted by molar-refractivity contribution is 0.116. The molecule has 104 valence electrons. The minimum absolute atomic E-state index is 0.152. The Hall–Kier alpha value is -1.32. The van der Waals surface area contributed by atoms with Crippen molar-refractivity contribution in [1.82, 2.24) is 0 Å². The Morgan fingerprint density at radius 3 is 2.90 bits per heavy atom. The fourth-order valence-corrected chi connectivity index (χ4v) is 3.26. The third kappa shape index (κ3) is 2.89. The number of rotatable bonds is 3. The molecule has 20 heavy (non-hydrogen) atoms. The maximum atomic E-state index is 10.6. The predicted octanol–water partition coefficient (Wildman–Crippen LogP) is 3.92. The number of fused-ring (bicyclic) bond motifs is 1. The lowest BCUT2D eigenvalue weighted by Crippen LogP contribution is -2.26. The van der Waals surface area contributed by atoms with E-state index in [9.17, 15) is 5.11 Å². The zero-order chi connectivity index (χ0) is 13.9. The van der Waals surface area contributed by atoms with Gasteiger partial charge < -0.3 is 9.84 Å². The lowest BCUT2D eigenvalue weighted by Gasteiger charge is -2.29. The summed E-state index contributed by atoms with van der Waals surface area (Å²) in [5.41, 5.74) is 2.28. The van der Waals surface area contributed by atoms with Gasteiger partial charge in [0.05, 0.1) is 12.7 Å². The number of hydrogen-bond donors (Lipinski definition) is 1. The van der Waals surface area contributed by atoms with Gasteiger partial charge >= 0.3 is 0 Å². The molecule has 3 heteroatoms. The van der Waals surface area contributed by atoms with Crippen LogP contribution in [0.3, 0.4) is 0 Å².